The first kappa shape index (κ1) is 85.0. The second-order valence-corrected chi connectivity index (χ2v) is 25.8. The zero-order valence-electron chi connectivity index (χ0n) is 57.5. The van der Waals surface area contributed by atoms with Gasteiger partial charge in [-0.25, -0.2) is 0 Å². The van der Waals surface area contributed by atoms with E-state index >= 15 is 0 Å². The van der Waals surface area contributed by atoms with Gasteiger partial charge in [0.1, 0.15) is 118 Å². The first-order valence-corrected chi connectivity index (χ1v) is 34.9. The number of hydrogen-bond acceptors (Lipinski definition) is 28. The predicted octanol–water partition coefficient (Wildman–Crippen LogP) is 4.22. The second-order valence-electron chi connectivity index (χ2n) is 25.8. The number of aliphatic hydroxyl groups is 9. The Labute approximate surface area is 569 Å². The van der Waals surface area contributed by atoms with Gasteiger partial charge in [-0.15, -0.1) is 0 Å². The van der Waals surface area contributed by atoms with Crippen molar-refractivity contribution in [1.82, 2.24) is 0 Å². The van der Waals surface area contributed by atoms with Crippen molar-refractivity contribution in [2.75, 3.05) is 26.4 Å². The summed E-state index contributed by atoms with van der Waals surface area (Å²) in [5.74, 6) is -3.86. The third-order valence-corrected chi connectivity index (χ3v) is 17.3. The molecule has 0 aliphatic carbocycles. The van der Waals surface area contributed by atoms with Crippen LogP contribution < -0.4 is 0 Å². The number of unbranched alkanes of at least 4 members (excludes halogenated alkanes) is 9. The minimum Gasteiger partial charge on any atom is -0.481 e. The van der Waals surface area contributed by atoms with Crippen LogP contribution in [0.1, 0.15) is 208 Å². The fourth-order valence-corrected chi connectivity index (χ4v) is 11.7. The number of aliphatic hydroxyl groups excluding tert-OH is 9. The van der Waals surface area contributed by atoms with Gasteiger partial charge >= 0.3 is 35.8 Å². The largest absolute Gasteiger partial charge is 0.481 e. The van der Waals surface area contributed by atoms with Gasteiger partial charge in [0.15, 0.2) is 31.3 Å². The van der Waals surface area contributed by atoms with Crippen LogP contribution in [0.25, 0.3) is 0 Å². The van der Waals surface area contributed by atoms with Crippen molar-refractivity contribution in [3.05, 3.63) is 24.3 Å². The highest BCUT2D eigenvalue weighted by atomic mass is 16.8. The van der Waals surface area contributed by atoms with Crippen LogP contribution in [0.4, 0.5) is 0 Å². The normalized spacial score (nSPS) is 34.4. The van der Waals surface area contributed by atoms with Crippen molar-refractivity contribution >= 4 is 35.8 Å². The molecule has 6 aliphatic rings. The van der Waals surface area contributed by atoms with Crippen LogP contribution in [0.3, 0.4) is 0 Å². The van der Waals surface area contributed by atoms with E-state index in [1.54, 1.807) is 0 Å². The Kier molecular flexibility index (Phi) is 41.1. The summed E-state index contributed by atoms with van der Waals surface area (Å²) >= 11 is 0. The standard InChI is InChI=1S/C34H58O15.C34H56O14/c1-21(17-15-13-11-9-7-5-4-6-8-10-12-14-16-18-26(37)38)46-34-32(30(42)28(40)25(48-34)20-45-23(3)36)49-33-31(43)29(41)27(39)24(47-33)19-44-22(2)35;1-21-17-15-13-11-9-7-5-4-6-8-10-12-14-16-18-26(37)47-31-25(20-43-23(3)36)46-33(30(41)29(31)40)48-32-28(39)27(38)24(19-42-22(2)35)45-34(32)44-21/h4-5,21,24-25,27-34,39-43H,6-20H2,1-3H3,(H,37,38);4-5,21,24-25,27-34,38-41H,6-20H2,1-3H3/b2*5-4-/t21?,24?,25?,27-,28-,29+,30+,31?,32?,33+,34-;21?,24?,25?,27-,28+,29-,30?,31-,32?,33+,34-/m11/s1. The lowest BCUT2D eigenvalue weighted by molar-refractivity contribution is -0.371. The molecule has 22 atom stereocenters. The number of ether oxygens (including phenoxy) is 13. The summed E-state index contributed by atoms with van der Waals surface area (Å²) in [5.41, 5.74) is 0. The quantitative estimate of drug-likeness (QED) is 0.0238. The molecule has 29 heteroatoms. The van der Waals surface area contributed by atoms with Crippen LogP contribution in [-0.2, 0) is 90.3 Å². The number of carbonyl (C=O) groups excluding carboxylic acids is 5. The van der Waals surface area contributed by atoms with Gasteiger partial charge in [0.05, 0.1) is 12.2 Å². The molecule has 0 aromatic carbocycles. The van der Waals surface area contributed by atoms with E-state index in [1.165, 1.54) is 20.8 Å². The first-order valence-electron chi connectivity index (χ1n) is 34.9. The zero-order valence-corrected chi connectivity index (χ0v) is 57.5. The van der Waals surface area contributed by atoms with Crippen LogP contribution in [0.2, 0.25) is 0 Å². The Morgan fingerprint density at radius 3 is 1.53 bits per heavy atom. The molecule has 6 aliphatic heterocycles. The van der Waals surface area contributed by atoms with Crippen molar-refractivity contribution in [2.45, 2.75) is 344 Å². The molecule has 0 aromatic heterocycles. The maximum Gasteiger partial charge on any atom is 0.306 e. The average molecular weight is 1400 g/mol. The molecule has 0 spiro atoms. The molecule has 4 saturated heterocycles. The molecule has 29 nitrogen and oxygen atoms in total. The van der Waals surface area contributed by atoms with Gasteiger partial charge in [-0.2, -0.15) is 0 Å². The fraction of sp³-hybridized carbons (Fsp3) is 0.853. The topological polar surface area (TPSA) is 425 Å². The molecule has 97 heavy (non-hydrogen) atoms. The molecule has 0 amide bonds. The minimum absolute atomic E-state index is 0.0919. The lowest BCUT2D eigenvalue weighted by Crippen LogP contribution is -2.65. The van der Waals surface area contributed by atoms with Gasteiger partial charge in [-0.05, 0) is 90.9 Å². The van der Waals surface area contributed by atoms with Crippen LogP contribution in [-0.4, -0.2) is 248 Å². The molecule has 560 valence electrons. The van der Waals surface area contributed by atoms with Crippen molar-refractivity contribution in [3.8, 4) is 0 Å². The summed E-state index contributed by atoms with van der Waals surface area (Å²) in [6.07, 6.45) is 1.09. The molecular formula is C68H114O29. The highest BCUT2D eigenvalue weighted by Gasteiger charge is 2.54. The maximum atomic E-state index is 12.7. The first-order chi connectivity index (χ1) is 46.3. The molecule has 6 rings (SSSR count). The molecule has 0 saturated carbocycles. The van der Waals surface area contributed by atoms with Crippen LogP contribution >= 0.6 is 0 Å². The summed E-state index contributed by atoms with van der Waals surface area (Å²) in [7, 11) is 0. The Hall–Kier alpha value is -4.38. The molecule has 4 fully saturated rings. The van der Waals surface area contributed by atoms with E-state index in [1.807, 2.05) is 13.8 Å². The van der Waals surface area contributed by atoms with Gasteiger partial charge in [0.25, 0.3) is 0 Å². The monoisotopic (exact) mass is 1390 g/mol. The number of allylic oxidation sites excluding steroid dienone is 4. The summed E-state index contributed by atoms with van der Waals surface area (Å²) in [6.45, 7) is 6.77. The van der Waals surface area contributed by atoms with Gasteiger partial charge in [0, 0.05) is 40.5 Å². The Balaban J connectivity index is 0.000000412. The Morgan fingerprint density at radius 2 is 0.948 bits per heavy atom. The average Bonchev–Trinajstić information content (AvgIpc) is 0.793. The van der Waals surface area contributed by atoms with Crippen molar-refractivity contribution in [2.24, 2.45) is 0 Å². The van der Waals surface area contributed by atoms with Crippen LogP contribution in [0, 0.1) is 0 Å². The Morgan fingerprint density at radius 1 is 0.485 bits per heavy atom. The summed E-state index contributed by atoms with van der Waals surface area (Å²) < 4.78 is 72.9. The third-order valence-electron chi connectivity index (χ3n) is 17.3. The summed E-state index contributed by atoms with van der Waals surface area (Å²) in [4.78, 5) is 69.0. The van der Waals surface area contributed by atoms with Gasteiger partial charge in [-0.3, -0.25) is 28.8 Å². The molecule has 0 radical (unpaired) electrons. The smallest absolute Gasteiger partial charge is 0.306 e. The number of fused-ring (bicyclic) bond motifs is 19. The van der Waals surface area contributed by atoms with E-state index < -0.39 is 178 Å². The van der Waals surface area contributed by atoms with Gasteiger partial charge in [-0.1, -0.05) is 101 Å². The van der Waals surface area contributed by atoms with Crippen molar-refractivity contribution < 1.29 is 141 Å². The van der Waals surface area contributed by atoms with Gasteiger partial charge in [0.2, 0.25) is 0 Å². The van der Waals surface area contributed by atoms with Crippen LogP contribution in [0.15, 0.2) is 24.3 Å². The SMILES string of the molecule is CC(=O)OCC1O[C@@H](OC2[C@H](OC(C)CCCCCC/C=C\CCCCCCCC(=O)O)OC(COC(C)=O)[C@@H](O)[C@@H]2O)C(O)[C@@H](O)[C@@H]1O.CC(=O)OCC1O[C@H]2OC(C)CCCCCC/C=C\CCCCCCCC(=O)O[C@@H]3C(COC(C)=O)O[C@@H](OC2[C@@H](O)[C@@H]1O)C(O)[C@H]3O. The number of carboxylic acids is 1. The zero-order chi connectivity index (χ0) is 71.4. The summed E-state index contributed by atoms with van der Waals surface area (Å²) in [6, 6.07) is 0. The maximum absolute atomic E-state index is 12.7. The van der Waals surface area contributed by atoms with E-state index in [9.17, 15) is 74.7 Å². The Bertz CT molecular complexity index is 2310. The summed E-state index contributed by atoms with van der Waals surface area (Å²) in [5, 5.41) is 106. The van der Waals surface area contributed by atoms with E-state index in [4.69, 9.17) is 66.7 Å². The van der Waals surface area contributed by atoms with Crippen molar-refractivity contribution in [3.63, 3.8) is 0 Å². The van der Waals surface area contributed by atoms with Crippen molar-refractivity contribution in [1.29, 1.82) is 0 Å². The fourth-order valence-electron chi connectivity index (χ4n) is 11.7. The highest BCUT2D eigenvalue weighted by molar-refractivity contribution is 5.70. The van der Waals surface area contributed by atoms with Gasteiger partial charge < -0.3 is 113 Å². The van der Waals surface area contributed by atoms with E-state index in [-0.39, 0.29) is 32.2 Å². The molecular weight excluding hydrogens is 1280 g/mol. The molecule has 6 heterocycles. The second kappa shape index (κ2) is 46.9. The number of carboxylic acid groups (broad SMARTS) is 1. The molecule has 0 aromatic rings. The lowest BCUT2D eigenvalue weighted by Gasteiger charge is -2.47. The van der Waals surface area contributed by atoms with E-state index in [0.717, 1.165) is 142 Å². The predicted molar refractivity (Wildman–Crippen MR) is 342 cm³/mol. The van der Waals surface area contributed by atoms with Crippen LogP contribution in [0.5, 0.6) is 0 Å². The molecule has 10 N–H and O–H groups in total. The number of esters is 5. The number of aliphatic carboxylic acids is 1. The number of carbonyl (C=O) groups is 6. The number of rotatable bonds is 27. The highest BCUT2D eigenvalue weighted by Crippen LogP contribution is 2.34. The van der Waals surface area contributed by atoms with E-state index in [2.05, 4.69) is 24.3 Å². The van der Waals surface area contributed by atoms with E-state index in [0.29, 0.717) is 19.3 Å². The molecule has 10 unspecified atom stereocenters. The molecule has 2 bridgehead atoms. The number of hydrogen-bond donors (Lipinski definition) is 10. The lowest BCUT2D eigenvalue weighted by atomic mass is 9.97. The minimum atomic E-state index is -1.79. The third kappa shape index (κ3) is 32.0.